The predicted molar refractivity (Wildman–Crippen MR) is 45.7 cm³/mol. The third-order valence-electron chi connectivity index (χ3n) is 1.64. The first-order valence-corrected chi connectivity index (χ1v) is 4.17. The number of esters is 1. The molecule has 0 spiro atoms. The van der Waals surface area contributed by atoms with E-state index in [1.165, 1.54) is 0 Å². The fraction of sp³-hybridized carbons (Fsp3) is 0.875. The van der Waals surface area contributed by atoms with Gasteiger partial charge in [-0.3, -0.25) is 4.79 Å². The summed E-state index contributed by atoms with van der Waals surface area (Å²) in [6, 6.07) is 0. The van der Waals surface area contributed by atoms with E-state index in [1.54, 1.807) is 0 Å². The van der Waals surface area contributed by atoms with Crippen LogP contribution < -0.4 is 0 Å². The van der Waals surface area contributed by atoms with Crippen molar-refractivity contribution in [2.75, 3.05) is 5.88 Å². The Hall–Kier alpha value is -0.240. The van der Waals surface area contributed by atoms with Crippen LogP contribution in [0.2, 0.25) is 0 Å². The van der Waals surface area contributed by atoms with Crippen LogP contribution in [0.3, 0.4) is 0 Å². The van der Waals surface area contributed by atoms with Crippen molar-refractivity contribution in [1.82, 2.24) is 0 Å². The molecular formula is C8H15ClO2. The summed E-state index contributed by atoms with van der Waals surface area (Å²) in [7, 11) is 0. The first kappa shape index (κ1) is 10.8. The molecule has 66 valence electrons. The zero-order valence-corrected chi connectivity index (χ0v) is 8.23. The molecule has 3 heteroatoms. The van der Waals surface area contributed by atoms with Crippen LogP contribution in [0, 0.1) is 5.41 Å². The highest BCUT2D eigenvalue weighted by atomic mass is 35.5. The summed E-state index contributed by atoms with van der Waals surface area (Å²) in [4.78, 5) is 10.7. The lowest BCUT2D eigenvalue weighted by Gasteiger charge is -2.26. The highest BCUT2D eigenvalue weighted by molar-refractivity contribution is 6.26. The highest BCUT2D eigenvalue weighted by Gasteiger charge is 2.23. The predicted octanol–water partition coefficient (Wildman–Crippen LogP) is 2.20. The highest BCUT2D eigenvalue weighted by Crippen LogP contribution is 2.21. The summed E-state index contributed by atoms with van der Waals surface area (Å²) in [5.74, 6) is -0.422. The van der Waals surface area contributed by atoms with Crippen molar-refractivity contribution < 1.29 is 9.53 Å². The Bertz CT molecular complexity index is 138. The molecule has 2 nitrogen and oxygen atoms in total. The Kier molecular flexibility index (Phi) is 3.87. The van der Waals surface area contributed by atoms with Crippen molar-refractivity contribution >= 4 is 17.6 Å². The van der Waals surface area contributed by atoms with Crippen LogP contribution in [0.5, 0.6) is 0 Å². The lowest BCUT2D eigenvalue weighted by Crippen LogP contribution is -2.29. The maximum absolute atomic E-state index is 10.7. The van der Waals surface area contributed by atoms with Crippen LogP contribution in [0.4, 0.5) is 0 Å². The van der Waals surface area contributed by atoms with Gasteiger partial charge in [0.25, 0.3) is 0 Å². The minimum Gasteiger partial charge on any atom is -0.461 e. The van der Waals surface area contributed by atoms with Crippen molar-refractivity contribution in [3.05, 3.63) is 0 Å². The molecule has 0 amide bonds. The average molecular weight is 179 g/mol. The normalized spacial score (nSPS) is 14.3. The van der Waals surface area contributed by atoms with E-state index in [2.05, 4.69) is 0 Å². The summed E-state index contributed by atoms with van der Waals surface area (Å²) in [5.41, 5.74) is -0.0122. The summed E-state index contributed by atoms with van der Waals surface area (Å²) < 4.78 is 4.99. The van der Waals surface area contributed by atoms with Gasteiger partial charge in [-0.25, -0.2) is 0 Å². The molecule has 0 saturated carbocycles. The number of rotatable bonds is 2. The molecule has 0 N–H and O–H groups in total. The Balaban J connectivity index is 3.87. The van der Waals surface area contributed by atoms with Gasteiger partial charge in [0.1, 0.15) is 12.0 Å². The standard InChI is InChI=1S/C8H15ClO2/c1-6(8(2,3)4)11-7(10)5-9/h6H,5H2,1-4H3/t6-/m1/s1. The molecule has 0 aliphatic heterocycles. The molecule has 0 bridgehead atoms. The van der Waals surface area contributed by atoms with Gasteiger partial charge in [-0.2, -0.15) is 0 Å². The molecule has 0 aromatic heterocycles. The number of carbonyl (C=O) groups is 1. The zero-order valence-electron chi connectivity index (χ0n) is 7.48. The smallest absolute Gasteiger partial charge is 0.321 e. The topological polar surface area (TPSA) is 26.3 Å². The van der Waals surface area contributed by atoms with Gasteiger partial charge >= 0.3 is 5.97 Å². The van der Waals surface area contributed by atoms with E-state index in [9.17, 15) is 4.79 Å². The summed E-state index contributed by atoms with van der Waals surface area (Å²) in [6.45, 7) is 7.90. The Morgan fingerprint density at radius 3 is 2.27 bits per heavy atom. The van der Waals surface area contributed by atoms with Crippen LogP contribution in [0.15, 0.2) is 0 Å². The monoisotopic (exact) mass is 178 g/mol. The number of ether oxygens (including phenoxy) is 1. The quantitative estimate of drug-likeness (QED) is 0.479. The molecule has 0 heterocycles. The van der Waals surface area contributed by atoms with Gasteiger partial charge < -0.3 is 4.74 Å². The molecule has 0 saturated heterocycles. The van der Waals surface area contributed by atoms with Crippen LogP contribution in [0.1, 0.15) is 27.7 Å². The number of hydrogen-bond donors (Lipinski definition) is 0. The number of halogens is 1. The van der Waals surface area contributed by atoms with E-state index in [1.807, 2.05) is 27.7 Å². The van der Waals surface area contributed by atoms with Gasteiger partial charge in [0.05, 0.1) is 0 Å². The van der Waals surface area contributed by atoms with Crippen LogP contribution in [-0.4, -0.2) is 18.0 Å². The zero-order chi connectivity index (χ0) is 9.07. The molecule has 0 rings (SSSR count). The first-order chi connectivity index (χ1) is 4.88. The van der Waals surface area contributed by atoms with Crippen molar-refractivity contribution in [2.24, 2.45) is 5.41 Å². The summed E-state index contributed by atoms with van der Waals surface area (Å²) in [5, 5.41) is 0. The largest absolute Gasteiger partial charge is 0.461 e. The Morgan fingerprint density at radius 1 is 1.55 bits per heavy atom. The van der Waals surface area contributed by atoms with E-state index < -0.39 is 0 Å². The van der Waals surface area contributed by atoms with E-state index in [0.29, 0.717) is 0 Å². The second-order valence-corrected chi connectivity index (χ2v) is 3.90. The molecule has 0 fully saturated rings. The molecular weight excluding hydrogens is 164 g/mol. The van der Waals surface area contributed by atoms with Gasteiger partial charge in [-0.05, 0) is 12.3 Å². The molecule has 11 heavy (non-hydrogen) atoms. The minimum atomic E-state index is -0.353. The molecule has 0 aromatic carbocycles. The van der Waals surface area contributed by atoms with Crippen molar-refractivity contribution in [3.8, 4) is 0 Å². The third-order valence-corrected chi connectivity index (χ3v) is 1.86. The Labute approximate surface area is 72.9 Å². The van der Waals surface area contributed by atoms with Crippen LogP contribution in [0.25, 0.3) is 0 Å². The fourth-order valence-electron chi connectivity index (χ4n) is 0.405. The maximum Gasteiger partial charge on any atom is 0.321 e. The molecule has 0 aliphatic carbocycles. The lowest BCUT2D eigenvalue weighted by molar-refractivity contribution is -0.150. The SMILES string of the molecule is C[C@@H](OC(=O)CCl)C(C)(C)C. The van der Waals surface area contributed by atoms with Gasteiger partial charge in [0.2, 0.25) is 0 Å². The van der Waals surface area contributed by atoms with Gasteiger partial charge in [0, 0.05) is 0 Å². The summed E-state index contributed by atoms with van der Waals surface area (Å²) >= 11 is 5.27. The molecule has 0 unspecified atom stereocenters. The van der Waals surface area contributed by atoms with Crippen molar-refractivity contribution in [3.63, 3.8) is 0 Å². The Morgan fingerprint density at radius 2 is 2.00 bits per heavy atom. The lowest BCUT2D eigenvalue weighted by atomic mass is 9.90. The van der Waals surface area contributed by atoms with Crippen molar-refractivity contribution in [2.45, 2.75) is 33.8 Å². The molecule has 0 aromatic rings. The van der Waals surface area contributed by atoms with E-state index in [-0.39, 0.29) is 23.4 Å². The number of carbonyl (C=O) groups excluding carboxylic acids is 1. The first-order valence-electron chi connectivity index (χ1n) is 3.63. The summed E-state index contributed by atoms with van der Waals surface area (Å²) in [6.07, 6.45) is -0.0891. The molecule has 0 aliphatic rings. The van der Waals surface area contributed by atoms with Crippen molar-refractivity contribution in [1.29, 1.82) is 0 Å². The second kappa shape index (κ2) is 3.96. The molecule has 0 radical (unpaired) electrons. The van der Waals surface area contributed by atoms with Crippen LogP contribution >= 0.6 is 11.6 Å². The van der Waals surface area contributed by atoms with E-state index in [0.717, 1.165) is 0 Å². The number of hydrogen-bond acceptors (Lipinski definition) is 2. The maximum atomic E-state index is 10.7. The average Bonchev–Trinajstić information content (AvgIpc) is 1.85. The van der Waals surface area contributed by atoms with Gasteiger partial charge in [0.15, 0.2) is 0 Å². The number of alkyl halides is 1. The minimum absolute atomic E-state index is 0.0122. The fourth-order valence-corrected chi connectivity index (χ4v) is 0.468. The van der Waals surface area contributed by atoms with E-state index >= 15 is 0 Å². The second-order valence-electron chi connectivity index (χ2n) is 3.63. The van der Waals surface area contributed by atoms with Gasteiger partial charge in [-0.1, -0.05) is 20.8 Å². The molecule has 1 atom stereocenters. The third kappa shape index (κ3) is 4.25. The van der Waals surface area contributed by atoms with E-state index in [4.69, 9.17) is 16.3 Å². The van der Waals surface area contributed by atoms with Crippen LogP contribution in [-0.2, 0) is 9.53 Å². The van der Waals surface area contributed by atoms with Gasteiger partial charge in [-0.15, -0.1) is 11.6 Å².